The molecule has 195 valence electrons. The Bertz CT molecular complexity index is 1160. The zero-order valence-electron chi connectivity index (χ0n) is 21.5. The number of likely N-dealkylation sites (tertiary alicyclic amines) is 1. The van der Waals surface area contributed by atoms with Gasteiger partial charge in [-0.2, -0.15) is 0 Å². The van der Waals surface area contributed by atoms with E-state index in [1.807, 2.05) is 6.07 Å². The minimum absolute atomic E-state index is 0.167. The van der Waals surface area contributed by atoms with Crippen molar-refractivity contribution in [2.24, 2.45) is 17.8 Å². The number of aryl methyl sites for hydroxylation is 2. The number of nitrogens with zero attached hydrogens (tertiary/aromatic N) is 5. The molecule has 7 nitrogen and oxygen atoms in total. The summed E-state index contributed by atoms with van der Waals surface area (Å²) in [6.07, 6.45) is 5.49. The van der Waals surface area contributed by atoms with E-state index in [-0.39, 0.29) is 17.8 Å². The first kappa shape index (κ1) is 25.7. The molecule has 9 heteroatoms. The molecule has 3 fully saturated rings. The van der Waals surface area contributed by atoms with Gasteiger partial charge in [-0.15, -0.1) is 0 Å². The molecular weight excluding hydrogens is 477 g/mol. The minimum Gasteiger partial charge on any atom is -0.303 e. The Labute approximate surface area is 214 Å². The lowest BCUT2D eigenvalue weighted by molar-refractivity contribution is 0.217. The zero-order chi connectivity index (χ0) is 25.4. The molecule has 0 N–H and O–H groups in total. The molecular formula is C27H37FN5O2S. The van der Waals surface area contributed by atoms with E-state index in [2.05, 4.69) is 28.7 Å². The van der Waals surface area contributed by atoms with E-state index in [1.165, 1.54) is 17.9 Å². The Morgan fingerprint density at radius 3 is 2.50 bits per heavy atom. The van der Waals surface area contributed by atoms with E-state index in [4.69, 9.17) is 5.32 Å². The van der Waals surface area contributed by atoms with Gasteiger partial charge in [0.1, 0.15) is 12.1 Å². The SMILES string of the molecule is Cc1ncnc(C)c1C1[N]CC2CN(CC[C@H](c3cccc(F)c3)C3CCN(S(C)(=O)=O)CC3)CC21. The van der Waals surface area contributed by atoms with Gasteiger partial charge in [-0.3, -0.25) is 0 Å². The highest BCUT2D eigenvalue weighted by Crippen LogP contribution is 2.42. The monoisotopic (exact) mass is 514 g/mol. The number of halogens is 1. The van der Waals surface area contributed by atoms with Crippen LogP contribution in [-0.2, 0) is 10.0 Å². The fourth-order valence-electron chi connectivity index (χ4n) is 6.79. The second-order valence-electron chi connectivity index (χ2n) is 10.9. The number of benzene rings is 1. The van der Waals surface area contributed by atoms with Gasteiger partial charge >= 0.3 is 0 Å². The average molecular weight is 515 g/mol. The summed E-state index contributed by atoms with van der Waals surface area (Å²) in [7, 11) is -3.17. The molecule has 0 bridgehead atoms. The molecule has 1 aromatic heterocycles. The second kappa shape index (κ2) is 10.4. The molecule has 0 spiro atoms. The first-order valence-corrected chi connectivity index (χ1v) is 14.9. The van der Waals surface area contributed by atoms with Gasteiger partial charge in [0, 0.05) is 49.7 Å². The van der Waals surface area contributed by atoms with E-state index in [0.717, 1.165) is 62.4 Å². The fourth-order valence-corrected chi connectivity index (χ4v) is 7.66. The number of hydrogen-bond acceptors (Lipinski definition) is 5. The maximum Gasteiger partial charge on any atom is 0.211 e. The Hall–Kier alpha value is -1.94. The third-order valence-electron chi connectivity index (χ3n) is 8.66. The van der Waals surface area contributed by atoms with Crippen LogP contribution >= 0.6 is 0 Å². The third-order valence-corrected chi connectivity index (χ3v) is 9.96. The normalized spacial score (nSPS) is 26.8. The van der Waals surface area contributed by atoms with Crippen molar-refractivity contribution in [2.75, 3.05) is 45.5 Å². The molecule has 4 heterocycles. The standard InChI is InChI=1S/C27H37FN5O2S/c1-18-26(19(2)31-17-30-18)27-25-16-32(15-22(25)14-29-27)10-9-24(21-5-4-6-23(28)13-21)20-7-11-33(12-8-20)36(3,34)35/h4-6,13,17,20,22,24-25,27H,7-12,14-16H2,1-3H3/t22?,24-,25?,27?/m0/s1. The highest BCUT2D eigenvalue weighted by Gasteiger charge is 2.45. The maximum atomic E-state index is 14.2. The molecule has 0 saturated carbocycles. The van der Waals surface area contributed by atoms with Crippen LogP contribution in [0.4, 0.5) is 4.39 Å². The van der Waals surface area contributed by atoms with Crippen molar-refractivity contribution in [1.29, 1.82) is 0 Å². The van der Waals surface area contributed by atoms with E-state index in [0.29, 0.717) is 30.8 Å². The summed E-state index contributed by atoms with van der Waals surface area (Å²) in [4.78, 5) is 11.4. The number of hydrogen-bond donors (Lipinski definition) is 0. The van der Waals surface area contributed by atoms with Crippen molar-refractivity contribution in [2.45, 2.75) is 45.1 Å². The largest absolute Gasteiger partial charge is 0.303 e. The van der Waals surface area contributed by atoms with E-state index in [1.54, 1.807) is 22.8 Å². The lowest BCUT2D eigenvalue weighted by Crippen LogP contribution is -2.39. The van der Waals surface area contributed by atoms with Gasteiger partial charge in [-0.25, -0.2) is 32.4 Å². The zero-order valence-corrected chi connectivity index (χ0v) is 22.3. The lowest BCUT2D eigenvalue weighted by Gasteiger charge is -2.36. The predicted molar refractivity (Wildman–Crippen MR) is 138 cm³/mol. The number of aromatic nitrogens is 2. The summed E-state index contributed by atoms with van der Waals surface area (Å²) < 4.78 is 39.7. The first-order valence-electron chi connectivity index (χ1n) is 13.1. The van der Waals surface area contributed by atoms with Crippen LogP contribution < -0.4 is 5.32 Å². The summed E-state index contributed by atoms with van der Waals surface area (Å²) >= 11 is 0. The van der Waals surface area contributed by atoms with Crippen molar-refractivity contribution >= 4 is 10.0 Å². The van der Waals surface area contributed by atoms with Crippen LogP contribution in [0.1, 0.15) is 53.7 Å². The van der Waals surface area contributed by atoms with Crippen LogP contribution in [0.3, 0.4) is 0 Å². The number of rotatable bonds is 7. The van der Waals surface area contributed by atoms with E-state index in [9.17, 15) is 12.8 Å². The Morgan fingerprint density at radius 1 is 1.11 bits per heavy atom. The molecule has 2 aromatic rings. The number of fused-ring (bicyclic) bond motifs is 1. The molecule has 3 saturated heterocycles. The molecule has 3 unspecified atom stereocenters. The number of piperidine rings is 1. The van der Waals surface area contributed by atoms with Gasteiger partial charge in [0.15, 0.2) is 0 Å². The van der Waals surface area contributed by atoms with Crippen molar-refractivity contribution in [3.8, 4) is 0 Å². The fraction of sp³-hybridized carbons (Fsp3) is 0.630. The summed E-state index contributed by atoms with van der Waals surface area (Å²) in [5, 5.41) is 5.00. The second-order valence-corrected chi connectivity index (χ2v) is 12.9. The molecule has 36 heavy (non-hydrogen) atoms. The van der Waals surface area contributed by atoms with Crippen LogP contribution in [-0.4, -0.2) is 73.1 Å². The Kier molecular flexibility index (Phi) is 7.45. The topological polar surface area (TPSA) is 80.5 Å². The molecule has 3 aliphatic rings. The smallest absolute Gasteiger partial charge is 0.211 e. The molecule has 4 atom stereocenters. The number of sulfonamides is 1. The van der Waals surface area contributed by atoms with Crippen molar-refractivity contribution in [3.05, 3.63) is 58.9 Å². The predicted octanol–water partition coefficient (Wildman–Crippen LogP) is 3.29. The molecule has 0 aliphatic carbocycles. The lowest BCUT2D eigenvalue weighted by atomic mass is 9.78. The van der Waals surface area contributed by atoms with Gasteiger partial charge < -0.3 is 4.90 Å². The molecule has 3 aliphatic heterocycles. The van der Waals surface area contributed by atoms with Crippen LogP contribution in [0.25, 0.3) is 0 Å². The third kappa shape index (κ3) is 5.35. The van der Waals surface area contributed by atoms with Crippen LogP contribution in [0.2, 0.25) is 0 Å². The molecule has 1 radical (unpaired) electrons. The van der Waals surface area contributed by atoms with E-state index >= 15 is 0 Å². The molecule has 0 amide bonds. The molecule has 5 rings (SSSR count). The van der Waals surface area contributed by atoms with E-state index < -0.39 is 10.0 Å². The van der Waals surface area contributed by atoms with Crippen molar-refractivity contribution in [1.82, 2.24) is 24.5 Å². The summed E-state index contributed by atoms with van der Waals surface area (Å²) in [6.45, 7) is 9.09. The van der Waals surface area contributed by atoms with Crippen molar-refractivity contribution in [3.63, 3.8) is 0 Å². The summed E-state index contributed by atoms with van der Waals surface area (Å²) in [6, 6.07) is 7.16. The highest BCUT2D eigenvalue weighted by atomic mass is 32.2. The van der Waals surface area contributed by atoms with Crippen LogP contribution in [0.15, 0.2) is 30.6 Å². The summed E-state index contributed by atoms with van der Waals surface area (Å²) in [5.41, 5.74) is 4.29. The molecule has 1 aromatic carbocycles. The van der Waals surface area contributed by atoms with Gasteiger partial charge in [0.25, 0.3) is 0 Å². The van der Waals surface area contributed by atoms with Crippen LogP contribution in [0, 0.1) is 37.4 Å². The van der Waals surface area contributed by atoms with Gasteiger partial charge in [0.05, 0.1) is 12.3 Å². The van der Waals surface area contributed by atoms with Gasteiger partial charge in [-0.1, -0.05) is 12.1 Å². The Balaban J connectivity index is 1.27. The summed E-state index contributed by atoms with van der Waals surface area (Å²) in [5.74, 6) is 1.40. The van der Waals surface area contributed by atoms with Crippen LogP contribution in [0.5, 0.6) is 0 Å². The highest BCUT2D eigenvalue weighted by molar-refractivity contribution is 7.88. The van der Waals surface area contributed by atoms with Gasteiger partial charge in [-0.05, 0) is 81.0 Å². The average Bonchev–Trinajstić information content (AvgIpc) is 3.40. The maximum absolute atomic E-state index is 14.2. The van der Waals surface area contributed by atoms with Gasteiger partial charge in [0.2, 0.25) is 10.0 Å². The quantitative estimate of drug-likeness (QED) is 0.567. The minimum atomic E-state index is -3.17. The Morgan fingerprint density at radius 2 is 1.83 bits per heavy atom. The first-order chi connectivity index (χ1) is 17.2. The van der Waals surface area contributed by atoms with Crippen molar-refractivity contribution < 1.29 is 12.8 Å².